The zero-order chi connectivity index (χ0) is 15.6. The molecule has 0 saturated carbocycles. The fraction of sp³-hybridized carbons (Fsp3) is 0. The van der Waals surface area contributed by atoms with Gasteiger partial charge in [0.25, 0.3) is 0 Å². The molecule has 5 aromatic rings. The van der Waals surface area contributed by atoms with Gasteiger partial charge in [-0.15, -0.1) is 0 Å². The maximum atomic E-state index is 13.9. The van der Waals surface area contributed by atoms with Gasteiger partial charge in [-0.1, -0.05) is 24.3 Å². The number of hydrogen-bond acceptors (Lipinski definition) is 0. The molecule has 0 fully saturated rings. The molecule has 2 aromatic heterocycles. The molecule has 23 heavy (non-hydrogen) atoms. The molecule has 3 aromatic carbocycles. The minimum absolute atomic E-state index is 0.272. The number of halogens is 2. The lowest BCUT2D eigenvalue weighted by Crippen LogP contribution is -1.92. The Balaban J connectivity index is 2.21. The molecule has 0 atom stereocenters. The molecule has 0 amide bonds. The van der Waals surface area contributed by atoms with Crippen molar-refractivity contribution in [3.8, 4) is 0 Å². The maximum absolute atomic E-state index is 13.9. The van der Waals surface area contributed by atoms with Crippen LogP contribution >= 0.6 is 0 Å². The number of pyridine rings is 1. The van der Waals surface area contributed by atoms with Crippen molar-refractivity contribution in [3.63, 3.8) is 0 Å². The van der Waals surface area contributed by atoms with Gasteiger partial charge in [-0.25, -0.2) is 8.78 Å². The summed E-state index contributed by atoms with van der Waals surface area (Å²) in [5, 5.41) is 3.72. The largest absolute Gasteiger partial charge is 0.309 e. The molecule has 0 bridgehead atoms. The summed E-state index contributed by atoms with van der Waals surface area (Å²) in [6.45, 7) is 0. The summed E-state index contributed by atoms with van der Waals surface area (Å²) in [6.07, 6.45) is 0. The summed E-state index contributed by atoms with van der Waals surface area (Å²) in [5.74, 6) is -0.552. The van der Waals surface area contributed by atoms with E-state index in [-0.39, 0.29) is 11.6 Å². The van der Waals surface area contributed by atoms with E-state index in [0.29, 0.717) is 0 Å². The maximum Gasteiger partial charge on any atom is 0.125 e. The first-order valence-electron chi connectivity index (χ1n) is 7.43. The molecule has 2 heterocycles. The van der Waals surface area contributed by atoms with Crippen molar-refractivity contribution in [1.82, 2.24) is 4.40 Å². The fourth-order valence-electron chi connectivity index (χ4n) is 3.49. The SMILES string of the molecule is Fc1ccc2c3ccc(F)cc3n3c4ccccc4cc3c2c1. The molecule has 0 N–H and O–H groups in total. The summed E-state index contributed by atoms with van der Waals surface area (Å²) >= 11 is 0. The van der Waals surface area contributed by atoms with Gasteiger partial charge in [-0.2, -0.15) is 0 Å². The second-order valence-electron chi connectivity index (χ2n) is 5.78. The molecular weight excluding hydrogens is 292 g/mol. The molecule has 3 heteroatoms. The van der Waals surface area contributed by atoms with Gasteiger partial charge < -0.3 is 4.40 Å². The summed E-state index contributed by atoms with van der Waals surface area (Å²) < 4.78 is 29.7. The lowest BCUT2D eigenvalue weighted by atomic mass is 10.0. The van der Waals surface area contributed by atoms with Crippen molar-refractivity contribution < 1.29 is 8.78 Å². The van der Waals surface area contributed by atoms with E-state index in [9.17, 15) is 8.78 Å². The van der Waals surface area contributed by atoms with E-state index in [4.69, 9.17) is 0 Å². The van der Waals surface area contributed by atoms with Crippen molar-refractivity contribution in [2.75, 3.05) is 0 Å². The first-order chi connectivity index (χ1) is 11.2. The minimum atomic E-state index is -0.280. The standard InChI is InChI=1S/C20H11F2N/c21-13-5-7-15-16-8-6-14(22)11-20(16)23-18-4-2-1-3-12(18)9-19(23)17(15)10-13/h1-11H. The summed E-state index contributed by atoms with van der Waals surface area (Å²) in [6, 6.07) is 19.5. The number of benzene rings is 3. The number of aromatic nitrogens is 1. The molecule has 0 aliphatic carbocycles. The van der Waals surface area contributed by atoms with Crippen LogP contribution in [0.15, 0.2) is 66.7 Å². The van der Waals surface area contributed by atoms with Gasteiger partial charge in [0.15, 0.2) is 0 Å². The zero-order valence-corrected chi connectivity index (χ0v) is 12.1. The average Bonchev–Trinajstić information content (AvgIpc) is 2.95. The molecule has 0 saturated heterocycles. The van der Waals surface area contributed by atoms with Gasteiger partial charge in [0.05, 0.1) is 16.6 Å². The summed E-state index contributed by atoms with van der Waals surface area (Å²) in [4.78, 5) is 0. The van der Waals surface area contributed by atoms with E-state index < -0.39 is 0 Å². The van der Waals surface area contributed by atoms with Gasteiger partial charge in [0, 0.05) is 16.2 Å². The molecule has 0 aliphatic rings. The van der Waals surface area contributed by atoms with Gasteiger partial charge >= 0.3 is 0 Å². The van der Waals surface area contributed by atoms with E-state index >= 15 is 0 Å². The minimum Gasteiger partial charge on any atom is -0.309 e. The average molecular weight is 303 g/mol. The van der Waals surface area contributed by atoms with Crippen LogP contribution in [0.4, 0.5) is 8.78 Å². The van der Waals surface area contributed by atoms with Crippen molar-refractivity contribution in [2.24, 2.45) is 0 Å². The van der Waals surface area contributed by atoms with Crippen LogP contribution in [-0.4, -0.2) is 4.40 Å². The number of hydrogen-bond donors (Lipinski definition) is 0. The van der Waals surface area contributed by atoms with E-state index in [1.165, 1.54) is 18.2 Å². The van der Waals surface area contributed by atoms with Crippen LogP contribution in [0.25, 0.3) is 38.1 Å². The first kappa shape index (κ1) is 12.6. The molecule has 0 radical (unpaired) electrons. The van der Waals surface area contributed by atoms with Gasteiger partial charge in [0.1, 0.15) is 11.6 Å². The number of rotatable bonds is 0. The van der Waals surface area contributed by atoms with E-state index in [1.54, 1.807) is 18.2 Å². The van der Waals surface area contributed by atoms with Crippen LogP contribution in [0.5, 0.6) is 0 Å². The number of para-hydroxylation sites is 1. The molecule has 0 aliphatic heterocycles. The van der Waals surface area contributed by atoms with Crippen molar-refractivity contribution in [2.45, 2.75) is 0 Å². The Morgan fingerprint density at radius 1 is 0.565 bits per heavy atom. The fourth-order valence-corrected chi connectivity index (χ4v) is 3.49. The second-order valence-corrected chi connectivity index (χ2v) is 5.78. The second kappa shape index (κ2) is 4.29. The Bertz CT molecular complexity index is 1230. The van der Waals surface area contributed by atoms with Crippen LogP contribution in [0, 0.1) is 11.6 Å². The van der Waals surface area contributed by atoms with E-state index in [1.807, 2.05) is 34.7 Å². The molecular formula is C20H11F2N. The van der Waals surface area contributed by atoms with Gasteiger partial charge in [-0.05, 0) is 47.9 Å². The normalized spacial score (nSPS) is 11.9. The van der Waals surface area contributed by atoms with Crippen molar-refractivity contribution >= 4 is 38.1 Å². The van der Waals surface area contributed by atoms with Crippen LogP contribution in [0.3, 0.4) is 0 Å². The van der Waals surface area contributed by atoms with Crippen LogP contribution in [-0.2, 0) is 0 Å². The van der Waals surface area contributed by atoms with E-state index in [2.05, 4.69) is 0 Å². The predicted molar refractivity (Wildman–Crippen MR) is 89.8 cm³/mol. The van der Waals surface area contributed by atoms with Crippen LogP contribution in [0.1, 0.15) is 0 Å². The Hall–Kier alpha value is -2.94. The Morgan fingerprint density at radius 2 is 1.26 bits per heavy atom. The highest BCUT2D eigenvalue weighted by Gasteiger charge is 2.13. The summed E-state index contributed by atoms with van der Waals surface area (Å²) in [7, 11) is 0. The number of nitrogens with zero attached hydrogens (tertiary/aromatic N) is 1. The third-order valence-corrected chi connectivity index (χ3v) is 4.46. The Kier molecular flexibility index (Phi) is 2.35. The van der Waals surface area contributed by atoms with Crippen LogP contribution < -0.4 is 0 Å². The molecule has 1 nitrogen and oxygen atoms in total. The molecule has 0 spiro atoms. The lowest BCUT2D eigenvalue weighted by Gasteiger charge is -2.10. The quantitative estimate of drug-likeness (QED) is 0.324. The van der Waals surface area contributed by atoms with Gasteiger partial charge in [-0.3, -0.25) is 0 Å². The highest BCUT2D eigenvalue weighted by molar-refractivity contribution is 6.15. The highest BCUT2D eigenvalue weighted by Crippen LogP contribution is 2.34. The zero-order valence-electron chi connectivity index (χ0n) is 12.1. The smallest absolute Gasteiger partial charge is 0.125 e. The van der Waals surface area contributed by atoms with Crippen molar-refractivity contribution in [1.29, 1.82) is 0 Å². The Morgan fingerprint density at radius 3 is 2.13 bits per heavy atom. The number of fused-ring (bicyclic) bond motifs is 8. The topological polar surface area (TPSA) is 4.41 Å². The van der Waals surface area contributed by atoms with Crippen LogP contribution in [0.2, 0.25) is 0 Å². The van der Waals surface area contributed by atoms with E-state index in [0.717, 1.165) is 38.1 Å². The lowest BCUT2D eigenvalue weighted by molar-refractivity contribution is 0.628. The van der Waals surface area contributed by atoms with Gasteiger partial charge in [0.2, 0.25) is 0 Å². The molecule has 5 rings (SSSR count). The third-order valence-electron chi connectivity index (χ3n) is 4.46. The third kappa shape index (κ3) is 1.65. The summed E-state index contributed by atoms with van der Waals surface area (Å²) in [5.41, 5.74) is 2.67. The molecule has 110 valence electrons. The first-order valence-corrected chi connectivity index (χ1v) is 7.43. The predicted octanol–water partition coefficient (Wildman–Crippen LogP) is 5.68. The molecule has 0 unspecified atom stereocenters. The highest BCUT2D eigenvalue weighted by atomic mass is 19.1. The van der Waals surface area contributed by atoms with Crippen molar-refractivity contribution in [3.05, 3.63) is 78.4 Å². The Labute approximate surface area is 130 Å². The monoisotopic (exact) mass is 303 g/mol.